The second kappa shape index (κ2) is 12.4. The van der Waals surface area contributed by atoms with E-state index in [0.29, 0.717) is 11.4 Å². The zero-order chi connectivity index (χ0) is 26.0. The van der Waals surface area contributed by atoms with Crippen LogP contribution in [-0.4, -0.2) is 17.7 Å². The summed E-state index contributed by atoms with van der Waals surface area (Å²) in [5.74, 6) is -1.14. The second-order valence-corrected chi connectivity index (χ2v) is 9.24. The van der Waals surface area contributed by atoms with Crippen LogP contribution in [0.2, 0.25) is 0 Å². The fraction of sp³-hybridized carbons (Fsp3) is 0.0333. The molecule has 0 aliphatic rings. The first kappa shape index (κ1) is 25.5. The minimum atomic E-state index is -0.615. The van der Waals surface area contributed by atoms with Gasteiger partial charge in [0.1, 0.15) is 5.25 Å². The van der Waals surface area contributed by atoms with Gasteiger partial charge in [-0.15, -0.1) is 11.8 Å². The fourth-order valence-corrected chi connectivity index (χ4v) is 4.60. The number of benzene rings is 4. The predicted molar refractivity (Wildman–Crippen MR) is 149 cm³/mol. The monoisotopic (exact) mass is 507 g/mol. The summed E-state index contributed by atoms with van der Waals surface area (Å²) in [6.07, 6.45) is 3.23. The van der Waals surface area contributed by atoms with Crippen molar-refractivity contribution in [3.63, 3.8) is 0 Å². The van der Waals surface area contributed by atoms with Gasteiger partial charge in [-0.05, 0) is 53.6 Å². The Morgan fingerprint density at radius 2 is 1.35 bits per heavy atom. The minimum Gasteiger partial charge on any atom is -0.366 e. The molecule has 4 N–H and O–H groups in total. The zero-order valence-corrected chi connectivity index (χ0v) is 20.7. The molecule has 0 aromatic heterocycles. The number of amides is 3. The van der Waals surface area contributed by atoms with E-state index in [-0.39, 0.29) is 17.4 Å². The molecule has 4 aromatic carbocycles. The third-order valence-electron chi connectivity index (χ3n) is 5.39. The van der Waals surface area contributed by atoms with Crippen LogP contribution in [0, 0.1) is 0 Å². The number of hydrogen-bond donors (Lipinski definition) is 3. The number of carbonyl (C=O) groups excluding carboxylic acids is 3. The summed E-state index contributed by atoms with van der Waals surface area (Å²) in [5, 5.41) is 5.10. The number of primary amides is 1. The van der Waals surface area contributed by atoms with E-state index < -0.39 is 11.2 Å². The standard InChI is InChI=1S/C30H25N3O3S/c31-29(35)25-13-7-8-14-26(25)33-30(36)28(22-11-5-2-6-12-22)37-24-18-16-23(17-19-24)32-27(34)20-15-21-9-3-1-4-10-21/h1-20,28H,(H2,31,35)(H,32,34)(H,33,36)/b20-15+. The number of carbonyl (C=O) groups is 3. The second-order valence-electron chi connectivity index (χ2n) is 8.07. The molecule has 0 heterocycles. The molecule has 1 atom stereocenters. The highest BCUT2D eigenvalue weighted by atomic mass is 32.2. The molecular weight excluding hydrogens is 482 g/mol. The van der Waals surface area contributed by atoms with Crippen molar-refractivity contribution in [1.29, 1.82) is 0 Å². The Balaban J connectivity index is 1.47. The molecule has 0 bridgehead atoms. The highest BCUT2D eigenvalue weighted by Crippen LogP contribution is 2.37. The SMILES string of the molecule is NC(=O)c1ccccc1NC(=O)C(Sc1ccc(NC(=O)/C=C/c2ccccc2)cc1)c1ccccc1. The molecular formula is C30H25N3O3S. The van der Waals surface area contributed by atoms with Crippen molar-refractivity contribution in [2.45, 2.75) is 10.1 Å². The van der Waals surface area contributed by atoms with Crippen molar-refractivity contribution < 1.29 is 14.4 Å². The van der Waals surface area contributed by atoms with E-state index in [0.717, 1.165) is 16.0 Å². The summed E-state index contributed by atoms with van der Waals surface area (Å²) < 4.78 is 0. The third kappa shape index (κ3) is 7.19. The number of nitrogens with two attached hydrogens (primary N) is 1. The van der Waals surface area contributed by atoms with Gasteiger partial charge in [-0.2, -0.15) is 0 Å². The first-order valence-electron chi connectivity index (χ1n) is 11.5. The van der Waals surface area contributed by atoms with Crippen LogP contribution in [0.25, 0.3) is 6.08 Å². The number of anilines is 2. The maximum absolute atomic E-state index is 13.3. The first-order chi connectivity index (χ1) is 18.0. The first-order valence-corrected chi connectivity index (χ1v) is 12.4. The average molecular weight is 508 g/mol. The maximum Gasteiger partial charge on any atom is 0.250 e. The third-order valence-corrected chi connectivity index (χ3v) is 6.66. The van der Waals surface area contributed by atoms with Crippen LogP contribution >= 0.6 is 11.8 Å². The zero-order valence-electron chi connectivity index (χ0n) is 19.8. The highest BCUT2D eigenvalue weighted by Gasteiger charge is 2.23. The Bertz CT molecular complexity index is 1410. The van der Waals surface area contributed by atoms with Gasteiger partial charge in [0.2, 0.25) is 11.8 Å². The van der Waals surface area contributed by atoms with Crippen molar-refractivity contribution in [2.75, 3.05) is 10.6 Å². The van der Waals surface area contributed by atoms with Crippen LogP contribution in [0.4, 0.5) is 11.4 Å². The average Bonchev–Trinajstić information content (AvgIpc) is 2.92. The van der Waals surface area contributed by atoms with E-state index in [4.69, 9.17) is 5.73 Å². The summed E-state index contributed by atoms with van der Waals surface area (Å²) in [6, 6.07) is 32.9. The summed E-state index contributed by atoms with van der Waals surface area (Å²) in [4.78, 5) is 38.3. The Hall–Kier alpha value is -4.62. The molecule has 4 aromatic rings. The van der Waals surface area contributed by atoms with Crippen LogP contribution in [-0.2, 0) is 9.59 Å². The van der Waals surface area contributed by atoms with E-state index in [1.165, 1.54) is 17.8 Å². The van der Waals surface area contributed by atoms with Crippen LogP contribution in [0.1, 0.15) is 26.7 Å². The summed E-state index contributed by atoms with van der Waals surface area (Å²) in [7, 11) is 0. The molecule has 7 heteroatoms. The van der Waals surface area contributed by atoms with Gasteiger partial charge in [0.25, 0.3) is 5.91 Å². The molecule has 184 valence electrons. The molecule has 0 aliphatic heterocycles. The summed E-state index contributed by atoms with van der Waals surface area (Å²) in [5.41, 5.74) is 8.47. The lowest BCUT2D eigenvalue weighted by Crippen LogP contribution is -2.22. The Morgan fingerprint density at radius 1 is 0.730 bits per heavy atom. The lowest BCUT2D eigenvalue weighted by Gasteiger charge is -2.18. The summed E-state index contributed by atoms with van der Waals surface area (Å²) >= 11 is 1.36. The largest absolute Gasteiger partial charge is 0.366 e. The number of rotatable bonds is 9. The molecule has 1 unspecified atom stereocenters. The Kier molecular flexibility index (Phi) is 8.52. The molecule has 6 nitrogen and oxygen atoms in total. The van der Waals surface area contributed by atoms with Crippen molar-refractivity contribution in [3.8, 4) is 0 Å². The number of para-hydroxylation sites is 1. The van der Waals surface area contributed by atoms with E-state index in [1.807, 2.05) is 72.8 Å². The molecule has 0 saturated carbocycles. The highest BCUT2D eigenvalue weighted by molar-refractivity contribution is 8.00. The molecule has 0 spiro atoms. The van der Waals surface area contributed by atoms with Gasteiger partial charge in [0.15, 0.2) is 0 Å². The lowest BCUT2D eigenvalue weighted by molar-refractivity contribution is -0.116. The van der Waals surface area contributed by atoms with Crippen LogP contribution in [0.15, 0.2) is 120 Å². The van der Waals surface area contributed by atoms with Crippen LogP contribution < -0.4 is 16.4 Å². The van der Waals surface area contributed by atoms with Crippen molar-refractivity contribution >= 4 is 46.9 Å². The van der Waals surface area contributed by atoms with Crippen molar-refractivity contribution in [2.24, 2.45) is 5.73 Å². The quantitative estimate of drug-likeness (QED) is 0.194. The smallest absolute Gasteiger partial charge is 0.250 e. The van der Waals surface area contributed by atoms with Gasteiger partial charge in [-0.1, -0.05) is 72.8 Å². The molecule has 3 amide bonds. The van der Waals surface area contributed by atoms with Gasteiger partial charge in [0, 0.05) is 16.7 Å². The fourth-order valence-electron chi connectivity index (χ4n) is 3.58. The Morgan fingerprint density at radius 3 is 2.03 bits per heavy atom. The molecule has 4 rings (SSSR count). The van der Waals surface area contributed by atoms with E-state index in [2.05, 4.69) is 10.6 Å². The van der Waals surface area contributed by atoms with Gasteiger partial charge in [-0.25, -0.2) is 0 Å². The van der Waals surface area contributed by atoms with E-state index in [9.17, 15) is 14.4 Å². The normalized spacial score (nSPS) is 11.6. The minimum absolute atomic E-state index is 0.237. The predicted octanol–water partition coefficient (Wildman–Crippen LogP) is 5.91. The van der Waals surface area contributed by atoms with Crippen LogP contribution in [0.3, 0.4) is 0 Å². The number of hydrogen-bond acceptors (Lipinski definition) is 4. The van der Waals surface area contributed by atoms with Crippen molar-refractivity contribution in [1.82, 2.24) is 0 Å². The van der Waals surface area contributed by atoms with Crippen molar-refractivity contribution in [3.05, 3.63) is 132 Å². The summed E-state index contributed by atoms with van der Waals surface area (Å²) in [6.45, 7) is 0. The van der Waals surface area contributed by atoms with Gasteiger partial charge in [0.05, 0.1) is 11.3 Å². The van der Waals surface area contributed by atoms with Gasteiger partial charge >= 0.3 is 0 Å². The van der Waals surface area contributed by atoms with Crippen LogP contribution in [0.5, 0.6) is 0 Å². The molecule has 37 heavy (non-hydrogen) atoms. The molecule has 0 saturated heterocycles. The van der Waals surface area contributed by atoms with Gasteiger partial charge < -0.3 is 16.4 Å². The van der Waals surface area contributed by atoms with E-state index in [1.54, 1.807) is 42.5 Å². The van der Waals surface area contributed by atoms with Gasteiger partial charge in [-0.3, -0.25) is 14.4 Å². The lowest BCUT2D eigenvalue weighted by atomic mass is 10.1. The number of nitrogens with one attached hydrogen (secondary N) is 2. The van der Waals surface area contributed by atoms with E-state index >= 15 is 0 Å². The molecule has 0 fully saturated rings. The molecule has 0 aliphatic carbocycles. The topological polar surface area (TPSA) is 101 Å². The Labute approximate surface area is 219 Å². The number of thioether (sulfide) groups is 1. The maximum atomic E-state index is 13.3. The molecule has 0 radical (unpaired) electrons.